The molecule has 0 radical (unpaired) electrons. The molecule has 2 aromatic rings. The van der Waals surface area contributed by atoms with Gasteiger partial charge in [0.2, 0.25) is 0 Å². The second kappa shape index (κ2) is 4.95. The highest BCUT2D eigenvalue weighted by Gasteiger charge is 2.39. The van der Waals surface area contributed by atoms with Crippen molar-refractivity contribution in [2.75, 3.05) is 19.8 Å². The molecule has 0 atom stereocenters. The average molecular weight is 256 g/mol. The van der Waals surface area contributed by atoms with Crippen LogP contribution in [0.5, 0.6) is 0 Å². The van der Waals surface area contributed by atoms with Gasteiger partial charge in [-0.3, -0.25) is 0 Å². The Morgan fingerprint density at radius 3 is 2.53 bits per heavy atom. The number of aryl methyl sites for hydroxylation is 1. The Bertz CT molecular complexity index is 585. The van der Waals surface area contributed by atoms with Gasteiger partial charge < -0.3 is 9.84 Å². The molecule has 0 aliphatic carbocycles. The van der Waals surface area contributed by atoms with Gasteiger partial charge >= 0.3 is 0 Å². The highest BCUT2D eigenvalue weighted by molar-refractivity contribution is 5.84. The number of ether oxygens (including phenoxy) is 1. The molecule has 0 bridgehead atoms. The summed E-state index contributed by atoms with van der Waals surface area (Å²) >= 11 is 0. The first-order valence-corrected chi connectivity index (χ1v) is 6.93. The van der Waals surface area contributed by atoms with E-state index in [9.17, 15) is 0 Å². The minimum atomic E-state index is 0.127. The van der Waals surface area contributed by atoms with Crippen molar-refractivity contribution in [2.45, 2.75) is 25.2 Å². The fraction of sp³-hybridized carbons (Fsp3) is 0.412. The van der Waals surface area contributed by atoms with Crippen molar-refractivity contribution >= 4 is 10.8 Å². The minimum absolute atomic E-state index is 0.127. The fourth-order valence-electron chi connectivity index (χ4n) is 2.92. The topological polar surface area (TPSA) is 29.5 Å². The van der Waals surface area contributed by atoms with E-state index >= 15 is 0 Å². The molecule has 19 heavy (non-hydrogen) atoms. The van der Waals surface area contributed by atoms with Gasteiger partial charge in [-0.05, 0) is 36.1 Å². The summed E-state index contributed by atoms with van der Waals surface area (Å²) < 4.78 is 5.44. The summed E-state index contributed by atoms with van der Waals surface area (Å²) in [5, 5.41) is 11.6. The van der Waals surface area contributed by atoms with E-state index in [1.165, 1.54) is 21.9 Å². The highest BCUT2D eigenvalue weighted by Crippen LogP contribution is 2.38. The van der Waals surface area contributed by atoms with Crippen molar-refractivity contribution in [1.29, 1.82) is 0 Å². The number of aliphatic hydroxyl groups is 1. The fourth-order valence-corrected chi connectivity index (χ4v) is 2.92. The first kappa shape index (κ1) is 12.6. The van der Waals surface area contributed by atoms with Crippen molar-refractivity contribution in [1.82, 2.24) is 0 Å². The lowest BCUT2D eigenvalue weighted by atomic mass is 9.74. The molecule has 0 aromatic heterocycles. The van der Waals surface area contributed by atoms with Crippen molar-refractivity contribution in [3.63, 3.8) is 0 Å². The highest BCUT2D eigenvalue weighted by atomic mass is 16.5. The Labute approximate surface area is 114 Å². The van der Waals surface area contributed by atoms with Gasteiger partial charge in [0.05, 0.1) is 13.2 Å². The van der Waals surface area contributed by atoms with Gasteiger partial charge in [-0.25, -0.2) is 0 Å². The Balaban J connectivity index is 1.97. The minimum Gasteiger partial charge on any atom is -0.396 e. The summed E-state index contributed by atoms with van der Waals surface area (Å²) in [5.41, 5.74) is 2.77. The molecule has 0 spiro atoms. The smallest absolute Gasteiger partial charge is 0.0585 e. The molecule has 1 heterocycles. The van der Waals surface area contributed by atoms with Crippen LogP contribution >= 0.6 is 0 Å². The van der Waals surface area contributed by atoms with E-state index in [4.69, 9.17) is 9.84 Å². The number of aliphatic hydroxyl groups excluding tert-OH is 1. The Morgan fingerprint density at radius 2 is 1.84 bits per heavy atom. The van der Waals surface area contributed by atoms with Crippen LogP contribution in [-0.4, -0.2) is 24.9 Å². The standard InChI is InChI=1S/C17H20O2/c1-13-3-4-15-10-16(6-5-14(15)9-13)17(7-2-8-18)11-19-12-17/h3-6,9-10,18H,2,7-8,11-12H2,1H3. The van der Waals surface area contributed by atoms with Crippen LogP contribution in [0.1, 0.15) is 24.0 Å². The number of benzene rings is 2. The molecule has 0 saturated carbocycles. The van der Waals surface area contributed by atoms with E-state index in [-0.39, 0.29) is 12.0 Å². The quantitative estimate of drug-likeness (QED) is 0.910. The summed E-state index contributed by atoms with van der Waals surface area (Å²) in [5.74, 6) is 0. The zero-order chi connectivity index (χ0) is 13.3. The first-order chi connectivity index (χ1) is 9.23. The number of hydrogen-bond acceptors (Lipinski definition) is 2. The normalized spacial score (nSPS) is 17.4. The first-order valence-electron chi connectivity index (χ1n) is 6.93. The second-order valence-electron chi connectivity index (χ2n) is 5.67. The summed E-state index contributed by atoms with van der Waals surface area (Å²) in [6.07, 6.45) is 1.84. The maximum atomic E-state index is 9.06. The second-order valence-corrected chi connectivity index (χ2v) is 5.67. The van der Waals surface area contributed by atoms with E-state index in [1.807, 2.05) is 0 Å². The van der Waals surface area contributed by atoms with Crippen molar-refractivity contribution in [3.05, 3.63) is 47.5 Å². The van der Waals surface area contributed by atoms with Gasteiger partial charge in [-0.15, -0.1) is 0 Å². The number of hydrogen-bond donors (Lipinski definition) is 1. The SMILES string of the molecule is Cc1ccc2cc(C3(CCCO)COC3)ccc2c1. The van der Waals surface area contributed by atoms with E-state index in [1.54, 1.807) is 0 Å². The molecule has 0 unspecified atom stereocenters. The molecule has 100 valence electrons. The lowest BCUT2D eigenvalue weighted by molar-refractivity contribution is -0.0664. The van der Waals surface area contributed by atoms with E-state index in [0.717, 1.165) is 26.1 Å². The van der Waals surface area contributed by atoms with Gasteiger partial charge in [-0.1, -0.05) is 42.0 Å². The third-order valence-corrected chi connectivity index (χ3v) is 4.18. The van der Waals surface area contributed by atoms with Crippen molar-refractivity contribution in [3.8, 4) is 0 Å². The van der Waals surface area contributed by atoms with E-state index in [2.05, 4.69) is 43.3 Å². The van der Waals surface area contributed by atoms with Crippen LogP contribution in [-0.2, 0) is 10.2 Å². The molecule has 2 heteroatoms. The zero-order valence-electron chi connectivity index (χ0n) is 11.4. The predicted octanol–water partition coefficient (Wildman–Crippen LogP) is 3.19. The third-order valence-electron chi connectivity index (χ3n) is 4.18. The third kappa shape index (κ3) is 2.26. The molecule has 1 aliphatic heterocycles. The van der Waals surface area contributed by atoms with Gasteiger partial charge in [0.25, 0.3) is 0 Å². The summed E-state index contributed by atoms with van der Waals surface area (Å²) in [4.78, 5) is 0. The molecule has 1 N–H and O–H groups in total. The monoisotopic (exact) mass is 256 g/mol. The van der Waals surface area contributed by atoms with E-state index in [0.29, 0.717) is 0 Å². The number of rotatable bonds is 4. The van der Waals surface area contributed by atoms with Gasteiger partial charge in [-0.2, -0.15) is 0 Å². The van der Waals surface area contributed by atoms with Crippen LogP contribution in [0.4, 0.5) is 0 Å². The largest absolute Gasteiger partial charge is 0.396 e. The average Bonchev–Trinajstić information content (AvgIpc) is 2.37. The van der Waals surface area contributed by atoms with Crippen LogP contribution in [0.3, 0.4) is 0 Å². The lowest BCUT2D eigenvalue weighted by Gasteiger charge is -2.42. The molecule has 0 amide bonds. The summed E-state index contributed by atoms with van der Waals surface area (Å²) in [7, 11) is 0. The van der Waals surface area contributed by atoms with Crippen molar-refractivity contribution in [2.24, 2.45) is 0 Å². The lowest BCUT2D eigenvalue weighted by Crippen LogP contribution is -2.46. The van der Waals surface area contributed by atoms with Crippen LogP contribution in [0, 0.1) is 6.92 Å². The molecule has 2 aromatic carbocycles. The predicted molar refractivity (Wildman–Crippen MR) is 77.5 cm³/mol. The van der Waals surface area contributed by atoms with Crippen LogP contribution in [0.25, 0.3) is 10.8 Å². The molecule has 2 nitrogen and oxygen atoms in total. The van der Waals surface area contributed by atoms with E-state index < -0.39 is 0 Å². The summed E-state index contributed by atoms with van der Waals surface area (Å²) in [6, 6.07) is 13.3. The molecule has 1 aliphatic rings. The molecule has 3 rings (SSSR count). The Hall–Kier alpha value is -1.38. The molecule has 1 fully saturated rings. The van der Waals surface area contributed by atoms with Gasteiger partial charge in [0.1, 0.15) is 0 Å². The van der Waals surface area contributed by atoms with Crippen LogP contribution in [0.15, 0.2) is 36.4 Å². The molecule has 1 saturated heterocycles. The zero-order valence-corrected chi connectivity index (χ0v) is 11.4. The Kier molecular flexibility index (Phi) is 3.29. The maximum Gasteiger partial charge on any atom is 0.0585 e. The molecular weight excluding hydrogens is 236 g/mol. The Morgan fingerprint density at radius 1 is 1.11 bits per heavy atom. The van der Waals surface area contributed by atoms with Crippen LogP contribution in [0.2, 0.25) is 0 Å². The van der Waals surface area contributed by atoms with Crippen molar-refractivity contribution < 1.29 is 9.84 Å². The van der Waals surface area contributed by atoms with Gasteiger partial charge in [0.15, 0.2) is 0 Å². The molecular formula is C17H20O2. The number of fused-ring (bicyclic) bond motifs is 1. The van der Waals surface area contributed by atoms with Gasteiger partial charge in [0, 0.05) is 12.0 Å². The van der Waals surface area contributed by atoms with Crippen LogP contribution < -0.4 is 0 Å². The maximum absolute atomic E-state index is 9.06. The summed E-state index contributed by atoms with van der Waals surface area (Å²) in [6.45, 7) is 3.94.